The smallest absolute Gasteiger partial charge is 0.341 e. The van der Waals surface area contributed by atoms with Crippen molar-refractivity contribution in [2.45, 2.75) is 10.7 Å². The van der Waals surface area contributed by atoms with Crippen molar-refractivity contribution < 1.29 is 26.7 Å². The van der Waals surface area contributed by atoms with Crippen LogP contribution in [0.3, 0.4) is 0 Å². The van der Waals surface area contributed by atoms with E-state index in [0.717, 1.165) is 30.8 Å². The molecule has 2 fully saturated rings. The molecule has 3 heterocycles. The van der Waals surface area contributed by atoms with E-state index in [1.807, 2.05) is 11.0 Å². The molecule has 0 spiro atoms. The maximum Gasteiger partial charge on any atom is 0.341 e. The maximum absolute atomic E-state index is 13.0. The number of morpholine rings is 1. The first-order chi connectivity index (χ1) is 15.4. The molecule has 1 amide bonds. The summed E-state index contributed by atoms with van der Waals surface area (Å²) >= 11 is 0. The number of nitrogens with zero attached hydrogens (tertiary/aromatic N) is 5. The molecule has 0 aliphatic carbocycles. The minimum absolute atomic E-state index is 0.238. The molecule has 0 radical (unpaired) electrons. The minimum Gasteiger partial charge on any atom is -0.378 e. The van der Waals surface area contributed by atoms with E-state index in [0.29, 0.717) is 39.4 Å². The van der Waals surface area contributed by atoms with E-state index in [4.69, 9.17) is 4.74 Å². The van der Waals surface area contributed by atoms with Gasteiger partial charge in [-0.1, -0.05) is 12.1 Å². The Hall–Kier alpha value is -2.86. The van der Waals surface area contributed by atoms with Gasteiger partial charge in [-0.25, -0.2) is 18.4 Å². The number of piperazine rings is 1. The van der Waals surface area contributed by atoms with Gasteiger partial charge in [-0.05, 0) is 12.1 Å². The number of benzene rings is 1. The van der Waals surface area contributed by atoms with Crippen molar-refractivity contribution in [3.63, 3.8) is 0 Å². The van der Waals surface area contributed by atoms with Gasteiger partial charge in [0.15, 0.2) is 0 Å². The Morgan fingerprint density at radius 1 is 0.938 bits per heavy atom. The van der Waals surface area contributed by atoms with Crippen LogP contribution in [0.15, 0.2) is 41.6 Å². The molecule has 0 N–H and O–H groups in total. The number of carbonyl (C=O) groups excluding carboxylic acids is 1. The van der Waals surface area contributed by atoms with Gasteiger partial charge in [-0.3, -0.25) is 4.79 Å². The maximum atomic E-state index is 13.0. The molecule has 0 atom stereocenters. The molecule has 12 heteroatoms. The number of carbonyl (C=O) groups is 1. The summed E-state index contributed by atoms with van der Waals surface area (Å²) < 4.78 is 55.4. The van der Waals surface area contributed by atoms with Crippen LogP contribution in [0.25, 0.3) is 0 Å². The second-order valence-corrected chi connectivity index (χ2v) is 9.30. The van der Waals surface area contributed by atoms with Crippen molar-refractivity contribution in [1.82, 2.24) is 14.9 Å². The summed E-state index contributed by atoms with van der Waals surface area (Å²) in [4.78, 5) is 26.6. The third kappa shape index (κ3) is 4.51. The highest BCUT2D eigenvalue weighted by atomic mass is 32.2. The van der Waals surface area contributed by atoms with E-state index >= 15 is 0 Å². The van der Waals surface area contributed by atoms with Crippen LogP contribution < -0.4 is 9.80 Å². The number of hydrogen-bond acceptors (Lipinski definition) is 8. The lowest BCUT2D eigenvalue weighted by molar-refractivity contribution is 0.0742. The largest absolute Gasteiger partial charge is 0.378 e. The zero-order valence-electron chi connectivity index (χ0n) is 17.2. The zero-order chi connectivity index (χ0) is 22.7. The molecule has 1 aromatic heterocycles. The summed E-state index contributed by atoms with van der Waals surface area (Å²) in [6, 6.07) is 6.99. The summed E-state index contributed by atoms with van der Waals surface area (Å²) in [6.45, 7) is 4.33. The van der Waals surface area contributed by atoms with E-state index in [2.05, 4.69) is 14.9 Å². The molecule has 2 aliphatic heterocycles. The Kier molecular flexibility index (Phi) is 6.51. The van der Waals surface area contributed by atoms with E-state index in [1.54, 1.807) is 0 Å². The molecule has 32 heavy (non-hydrogen) atoms. The van der Waals surface area contributed by atoms with Crippen molar-refractivity contribution in [1.29, 1.82) is 0 Å². The first-order valence-corrected chi connectivity index (χ1v) is 11.7. The van der Waals surface area contributed by atoms with E-state index in [1.165, 1.54) is 29.4 Å². The Morgan fingerprint density at radius 2 is 1.53 bits per heavy atom. The van der Waals surface area contributed by atoms with Crippen molar-refractivity contribution >= 4 is 27.4 Å². The highest BCUT2D eigenvalue weighted by Gasteiger charge is 2.33. The van der Waals surface area contributed by atoms with Crippen LogP contribution in [-0.4, -0.2) is 87.4 Å². The molecule has 2 aromatic rings. The molecule has 0 saturated carbocycles. The number of ether oxygens (including phenoxy) is 1. The SMILES string of the molecule is O=C(c1ccccc1S(=O)(=O)C(F)F)N1CCN(c2cc(N3CCOCC3)ncn2)CC1. The highest BCUT2D eigenvalue weighted by Crippen LogP contribution is 2.25. The lowest BCUT2D eigenvalue weighted by atomic mass is 10.2. The van der Waals surface area contributed by atoms with Crippen LogP contribution in [0, 0.1) is 0 Å². The fourth-order valence-corrected chi connectivity index (χ4v) is 4.69. The predicted octanol–water partition coefficient (Wildman–Crippen LogP) is 1.27. The molecular formula is C20H23F2N5O4S. The number of anilines is 2. The highest BCUT2D eigenvalue weighted by molar-refractivity contribution is 7.91. The van der Waals surface area contributed by atoms with E-state index < -0.39 is 26.4 Å². The van der Waals surface area contributed by atoms with Gasteiger partial charge < -0.3 is 19.4 Å². The lowest BCUT2D eigenvalue weighted by Crippen LogP contribution is -2.49. The number of rotatable bonds is 5. The normalized spacial score (nSPS) is 17.7. The Labute approximate surface area is 184 Å². The predicted molar refractivity (Wildman–Crippen MR) is 113 cm³/mol. The standard InChI is InChI=1S/C20H23F2N5O4S/c21-20(22)32(29,30)16-4-2-1-3-15(16)19(28)27-7-5-25(6-8-27)17-13-18(24-14-23-17)26-9-11-31-12-10-26/h1-4,13-14,20H,5-12H2. The quantitative estimate of drug-likeness (QED) is 0.649. The van der Waals surface area contributed by atoms with Gasteiger partial charge in [0.2, 0.25) is 9.84 Å². The fourth-order valence-electron chi connectivity index (χ4n) is 3.77. The Balaban J connectivity index is 1.45. The Morgan fingerprint density at radius 3 is 2.16 bits per heavy atom. The molecule has 0 unspecified atom stereocenters. The zero-order valence-corrected chi connectivity index (χ0v) is 18.0. The third-order valence-corrected chi connectivity index (χ3v) is 6.96. The second kappa shape index (κ2) is 9.33. The summed E-state index contributed by atoms with van der Waals surface area (Å²) in [5.41, 5.74) is -0.238. The van der Waals surface area contributed by atoms with Crippen molar-refractivity contribution in [2.75, 3.05) is 62.3 Å². The first kappa shape index (κ1) is 22.3. The van der Waals surface area contributed by atoms with Gasteiger partial charge in [-0.2, -0.15) is 8.78 Å². The van der Waals surface area contributed by atoms with Gasteiger partial charge in [-0.15, -0.1) is 0 Å². The van der Waals surface area contributed by atoms with Gasteiger partial charge in [0, 0.05) is 45.3 Å². The summed E-state index contributed by atoms with van der Waals surface area (Å²) in [5, 5.41) is 0. The molecule has 0 bridgehead atoms. The average Bonchev–Trinajstić information content (AvgIpc) is 2.84. The number of aromatic nitrogens is 2. The van der Waals surface area contributed by atoms with E-state index in [-0.39, 0.29) is 5.56 Å². The third-order valence-electron chi connectivity index (χ3n) is 5.52. The topological polar surface area (TPSA) is 95.9 Å². The number of sulfone groups is 1. The van der Waals surface area contributed by atoms with Crippen LogP contribution in [-0.2, 0) is 14.6 Å². The van der Waals surface area contributed by atoms with Crippen LogP contribution in [0.2, 0.25) is 0 Å². The molecule has 9 nitrogen and oxygen atoms in total. The summed E-state index contributed by atoms with van der Waals surface area (Å²) in [5.74, 6) is -2.63. The molecule has 172 valence electrons. The van der Waals surface area contributed by atoms with Crippen LogP contribution >= 0.6 is 0 Å². The minimum atomic E-state index is -4.88. The average molecular weight is 467 g/mol. The summed E-state index contributed by atoms with van der Waals surface area (Å²) in [6.07, 6.45) is 1.50. The number of alkyl halides is 2. The number of hydrogen-bond donors (Lipinski definition) is 0. The summed E-state index contributed by atoms with van der Waals surface area (Å²) in [7, 11) is -4.88. The van der Waals surface area contributed by atoms with E-state index in [9.17, 15) is 22.0 Å². The van der Waals surface area contributed by atoms with Crippen LogP contribution in [0.1, 0.15) is 10.4 Å². The molecular weight excluding hydrogens is 444 g/mol. The Bertz CT molecular complexity index is 1070. The van der Waals surface area contributed by atoms with Crippen molar-refractivity contribution in [3.05, 3.63) is 42.2 Å². The first-order valence-electron chi connectivity index (χ1n) is 10.2. The number of halogens is 2. The second-order valence-electron chi connectivity index (χ2n) is 7.41. The molecule has 2 aliphatic rings. The van der Waals surface area contributed by atoms with Gasteiger partial charge >= 0.3 is 5.76 Å². The fraction of sp³-hybridized carbons (Fsp3) is 0.450. The molecule has 2 saturated heterocycles. The van der Waals surface area contributed by atoms with Crippen LogP contribution in [0.4, 0.5) is 20.4 Å². The van der Waals surface area contributed by atoms with Gasteiger partial charge in [0.25, 0.3) is 5.91 Å². The van der Waals surface area contributed by atoms with Crippen molar-refractivity contribution in [3.8, 4) is 0 Å². The number of amides is 1. The van der Waals surface area contributed by atoms with Crippen molar-refractivity contribution in [2.24, 2.45) is 0 Å². The van der Waals surface area contributed by atoms with Crippen LogP contribution in [0.5, 0.6) is 0 Å². The molecule has 1 aromatic carbocycles. The van der Waals surface area contributed by atoms with Gasteiger partial charge in [0.1, 0.15) is 18.0 Å². The van der Waals surface area contributed by atoms with Gasteiger partial charge in [0.05, 0.1) is 23.7 Å². The monoisotopic (exact) mass is 467 g/mol. The lowest BCUT2D eigenvalue weighted by Gasteiger charge is -2.36. The molecule has 4 rings (SSSR count).